The molecular formula is C21H22BrN3OS. The first-order valence-corrected chi connectivity index (χ1v) is 10.4. The molecule has 0 fully saturated rings. The lowest BCUT2D eigenvalue weighted by atomic mass is 10.2. The van der Waals surface area contributed by atoms with E-state index in [2.05, 4.69) is 50.3 Å². The van der Waals surface area contributed by atoms with Gasteiger partial charge in [-0.2, -0.15) is 0 Å². The van der Waals surface area contributed by atoms with Gasteiger partial charge in [0.25, 0.3) is 0 Å². The van der Waals surface area contributed by atoms with Crippen LogP contribution in [0.1, 0.15) is 21.8 Å². The van der Waals surface area contributed by atoms with E-state index in [-0.39, 0.29) is 5.91 Å². The van der Waals surface area contributed by atoms with Crippen molar-refractivity contribution in [1.29, 1.82) is 0 Å². The summed E-state index contributed by atoms with van der Waals surface area (Å²) in [7, 11) is 2.07. The van der Waals surface area contributed by atoms with E-state index in [0.29, 0.717) is 6.42 Å². The van der Waals surface area contributed by atoms with Crippen molar-refractivity contribution in [3.63, 3.8) is 0 Å². The zero-order valence-electron chi connectivity index (χ0n) is 15.4. The van der Waals surface area contributed by atoms with Crippen molar-refractivity contribution in [1.82, 2.24) is 9.88 Å². The largest absolute Gasteiger partial charge is 0.325 e. The molecule has 1 amide bonds. The van der Waals surface area contributed by atoms with Crippen molar-refractivity contribution < 1.29 is 4.79 Å². The highest BCUT2D eigenvalue weighted by molar-refractivity contribution is 9.10. The molecule has 3 rings (SSSR count). The zero-order valence-corrected chi connectivity index (χ0v) is 17.8. The number of hydrogen-bond acceptors (Lipinski definition) is 4. The first-order chi connectivity index (χ1) is 13.0. The van der Waals surface area contributed by atoms with Crippen molar-refractivity contribution in [2.45, 2.75) is 26.4 Å². The van der Waals surface area contributed by atoms with Crippen molar-refractivity contribution in [3.8, 4) is 0 Å². The van der Waals surface area contributed by atoms with Crippen LogP contribution in [0.5, 0.6) is 0 Å². The van der Waals surface area contributed by atoms with E-state index in [0.717, 1.165) is 39.5 Å². The molecule has 0 aliphatic rings. The third-order valence-corrected chi connectivity index (χ3v) is 5.83. The first kappa shape index (κ1) is 19.7. The Morgan fingerprint density at radius 1 is 1.15 bits per heavy atom. The van der Waals surface area contributed by atoms with Crippen LogP contribution in [0.2, 0.25) is 0 Å². The molecule has 0 bridgehead atoms. The van der Waals surface area contributed by atoms with Crippen molar-refractivity contribution in [3.05, 3.63) is 80.2 Å². The lowest BCUT2D eigenvalue weighted by Gasteiger charge is -2.16. The number of hydrogen-bond donors (Lipinski definition) is 1. The highest BCUT2D eigenvalue weighted by atomic mass is 79.9. The summed E-state index contributed by atoms with van der Waals surface area (Å²) < 4.78 is 1.11. The average molecular weight is 444 g/mol. The van der Waals surface area contributed by atoms with E-state index in [9.17, 15) is 4.79 Å². The van der Waals surface area contributed by atoms with Gasteiger partial charge in [0.05, 0.1) is 12.1 Å². The van der Waals surface area contributed by atoms with Gasteiger partial charge in [-0.3, -0.25) is 9.69 Å². The lowest BCUT2D eigenvalue weighted by molar-refractivity contribution is -0.115. The quantitative estimate of drug-likeness (QED) is 0.556. The Bertz CT molecular complexity index is 925. The van der Waals surface area contributed by atoms with Gasteiger partial charge in [0.2, 0.25) is 5.91 Å². The monoisotopic (exact) mass is 443 g/mol. The van der Waals surface area contributed by atoms with Crippen LogP contribution in [0.15, 0.2) is 58.4 Å². The number of amides is 1. The van der Waals surface area contributed by atoms with Crippen LogP contribution >= 0.6 is 27.3 Å². The fraction of sp³-hybridized carbons (Fsp3) is 0.238. The van der Waals surface area contributed by atoms with Crippen LogP contribution in [-0.4, -0.2) is 22.8 Å². The molecule has 27 heavy (non-hydrogen) atoms. The van der Waals surface area contributed by atoms with Gasteiger partial charge in [-0.15, -0.1) is 11.3 Å². The fourth-order valence-corrected chi connectivity index (χ4v) is 3.99. The number of carbonyl (C=O) groups excluding carboxylic acids is 1. The van der Waals surface area contributed by atoms with Crippen molar-refractivity contribution in [2.75, 3.05) is 12.4 Å². The minimum Gasteiger partial charge on any atom is -0.325 e. The third-order valence-electron chi connectivity index (χ3n) is 4.16. The highest BCUT2D eigenvalue weighted by Gasteiger charge is 2.11. The smallest absolute Gasteiger partial charge is 0.231 e. The molecular weight excluding hydrogens is 422 g/mol. The summed E-state index contributed by atoms with van der Waals surface area (Å²) in [6.07, 6.45) is 0.299. The average Bonchev–Trinajstić information content (AvgIpc) is 3.05. The molecule has 1 aromatic heterocycles. The van der Waals surface area contributed by atoms with Crippen LogP contribution in [0.3, 0.4) is 0 Å². The summed E-state index contributed by atoms with van der Waals surface area (Å²) in [5.74, 6) is -0.0354. The second kappa shape index (κ2) is 9.26. The third kappa shape index (κ3) is 5.73. The maximum atomic E-state index is 12.3. The van der Waals surface area contributed by atoms with Gasteiger partial charge >= 0.3 is 0 Å². The van der Waals surface area contributed by atoms with Crippen molar-refractivity contribution in [2.24, 2.45) is 0 Å². The molecule has 0 unspecified atom stereocenters. The molecule has 0 saturated heterocycles. The predicted octanol–water partition coefficient (Wildman–Crippen LogP) is 5.03. The second-order valence-corrected chi connectivity index (χ2v) is 8.33. The number of aromatic nitrogens is 1. The van der Waals surface area contributed by atoms with Crippen LogP contribution in [0.4, 0.5) is 5.69 Å². The minimum absolute atomic E-state index is 0.0354. The Labute approximate surface area is 172 Å². The number of benzene rings is 2. The topological polar surface area (TPSA) is 45.2 Å². The van der Waals surface area contributed by atoms with Gasteiger partial charge in [0.1, 0.15) is 5.01 Å². The van der Waals surface area contributed by atoms with Crippen LogP contribution in [0, 0.1) is 6.92 Å². The Kier molecular flexibility index (Phi) is 6.77. The fourth-order valence-electron chi connectivity index (χ4n) is 2.80. The molecule has 140 valence electrons. The van der Waals surface area contributed by atoms with E-state index >= 15 is 0 Å². The van der Waals surface area contributed by atoms with E-state index < -0.39 is 0 Å². The normalized spacial score (nSPS) is 11.0. The Hall–Kier alpha value is -2.02. The van der Waals surface area contributed by atoms with Gasteiger partial charge in [-0.25, -0.2) is 4.98 Å². The molecule has 0 spiro atoms. The molecule has 2 aromatic carbocycles. The van der Waals surface area contributed by atoms with Crippen LogP contribution in [0.25, 0.3) is 0 Å². The molecule has 4 nitrogen and oxygen atoms in total. The first-order valence-electron chi connectivity index (χ1n) is 8.72. The lowest BCUT2D eigenvalue weighted by Crippen LogP contribution is -2.18. The number of aryl methyl sites for hydroxylation is 1. The van der Waals surface area contributed by atoms with Crippen molar-refractivity contribution >= 4 is 38.9 Å². The molecule has 1 N–H and O–H groups in total. The number of halogens is 1. The number of para-hydroxylation sites is 1. The summed E-state index contributed by atoms with van der Waals surface area (Å²) in [6, 6.07) is 16.0. The maximum Gasteiger partial charge on any atom is 0.231 e. The van der Waals surface area contributed by atoms with Gasteiger partial charge in [-0.1, -0.05) is 52.3 Å². The summed E-state index contributed by atoms with van der Waals surface area (Å²) >= 11 is 5.13. The van der Waals surface area contributed by atoms with Gasteiger partial charge in [0.15, 0.2) is 0 Å². The predicted molar refractivity (Wildman–Crippen MR) is 115 cm³/mol. The molecule has 1 heterocycles. The van der Waals surface area contributed by atoms with E-state index in [1.165, 1.54) is 16.9 Å². The maximum absolute atomic E-state index is 12.3. The Balaban J connectivity index is 1.54. The van der Waals surface area contributed by atoms with Gasteiger partial charge in [-0.05, 0) is 37.2 Å². The van der Waals surface area contributed by atoms with Crippen LogP contribution in [-0.2, 0) is 24.3 Å². The number of carbonyl (C=O) groups is 1. The highest BCUT2D eigenvalue weighted by Crippen LogP contribution is 2.19. The molecule has 3 aromatic rings. The summed E-state index contributed by atoms with van der Waals surface area (Å²) in [6.45, 7) is 3.57. The number of thiazole rings is 1. The second-order valence-electron chi connectivity index (χ2n) is 6.54. The Morgan fingerprint density at radius 3 is 2.67 bits per heavy atom. The number of nitrogens with one attached hydrogen (secondary N) is 1. The van der Waals surface area contributed by atoms with Gasteiger partial charge < -0.3 is 5.32 Å². The van der Waals surface area contributed by atoms with E-state index in [1.54, 1.807) is 0 Å². The SMILES string of the molecule is Cc1ccccc1NC(=O)Cc1nc(CN(C)Cc2ccccc2Br)cs1. The summed E-state index contributed by atoms with van der Waals surface area (Å²) in [4.78, 5) is 19.1. The standard InChI is InChI=1S/C21H22BrN3OS/c1-15-7-3-6-10-19(15)24-20(26)11-21-23-17(14-27-21)13-25(2)12-16-8-4-5-9-18(16)22/h3-10,14H,11-13H2,1-2H3,(H,24,26). The molecule has 0 atom stereocenters. The Morgan fingerprint density at radius 2 is 1.89 bits per heavy atom. The minimum atomic E-state index is -0.0354. The van der Waals surface area contributed by atoms with E-state index in [1.807, 2.05) is 48.7 Å². The molecule has 0 radical (unpaired) electrons. The zero-order chi connectivity index (χ0) is 19.2. The number of nitrogens with zero attached hydrogens (tertiary/aromatic N) is 2. The molecule has 0 aliphatic heterocycles. The molecule has 0 aliphatic carbocycles. The molecule has 6 heteroatoms. The van der Waals surface area contributed by atoms with Gasteiger partial charge in [0, 0.05) is 28.6 Å². The van der Waals surface area contributed by atoms with E-state index in [4.69, 9.17) is 0 Å². The summed E-state index contributed by atoms with van der Waals surface area (Å²) in [5, 5.41) is 5.83. The number of anilines is 1. The molecule has 0 saturated carbocycles. The number of rotatable bonds is 7. The summed E-state index contributed by atoms with van der Waals surface area (Å²) in [5.41, 5.74) is 4.15. The van der Waals surface area contributed by atoms with Crippen LogP contribution < -0.4 is 5.32 Å².